The number of sulfonamides is 1. The standard InChI is InChI=1S/C14H16N2O4S/c1-2-9-3-4-13-11(5-9)12(8-20-13)14(17)16-6-10(7-16)21(15,18)19/h3-5,8,10H,2,6-7H2,1H3,(H2,15,18,19). The van der Waals surface area contributed by atoms with Crippen LogP contribution in [0.1, 0.15) is 22.8 Å². The first-order valence-electron chi connectivity index (χ1n) is 6.71. The summed E-state index contributed by atoms with van der Waals surface area (Å²) in [6.45, 7) is 2.31. The van der Waals surface area contributed by atoms with Gasteiger partial charge in [0, 0.05) is 18.5 Å². The fourth-order valence-corrected chi connectivity index (χ4v) is 3.22. The molecule has 1 saturated heterocycles. The SMILES string of the molecule is CCc1ccc2occ(C(=O)N3CC(S(N)(=O)=O)C3)c2c1. The van der Waals surface area contributed by atoms with Gasteiger partial charge in [0.25, 0.3) is 5.91 Å². The Morgan fingerprint density at radius 2 is 2.14 bits per heavy atom. The highest BCUT2D eigenvalue weighted by Crippen LogP contribution is 2.26. The van der Waals surface area contributed by atoms with Gasteiger partial charge in [-0.15, -0.1) is 0 Å². The van der Waals surface area contributed by atoms with Crippen molar-refractivity contribution in [2.75, 3.05) is 13.1 Å². The number of nitrogens with two attached hydrogens (primary N) is 1. The van der Waals surface area contributed by atoms with Gasteiger partial charge in [-0.05, 0) is 24.1 Å². The van der Waals surface area contributed by atoms with Crippen molar-refractivity contribution in [1.82, 2.24) is 4.90 Å². The van der Waals surface area contributed by atoms with Gasteiger partial charge in [0.15, 0.2) is 0 Å². The number of furan rings is 1. The number of likely N-dealkylation sites (tertiary alicyclic amines) is 1. The lowest BCUT2D eigenvalue weighted by atomic mass is 10.1. The molecule has 2 heterocycles. The zero-order valence-corrected chi connectivity index (χ0v) is 12.4. The molecule has 0 spiro atoms. The Kier molecular flexibility index (Phi) is 3.26. The quantitative estimate of drug-likeness (QED) is 0.919. The monoisotopic (exact) mass is 308 g/mol. The maximum atomic E-state index is 12.4. The highest BCUT2D eigenvalue weighted by atomic mass is 32.2. The molecule has 0 unspecified atom stereocenters. The summed E-state index contributed by atoms with van der Waals surface area (Å²) in [6.07, 6.45) is 2.29. The summed E-state index contributed by atoms with van der Waals surface area (Å²) in [7, 11) is -3.57. The van der Waals surface area contributed by atoms with Gasteiger partial charge in [0.2, 0.25) is 10.0 Å². The van der Waals surface area contributed by atoms with Gasteiger partial charge in [-0.3, -0.25) is 4.79 Å². The molecule has 6 nitrogen and oxygen atoms in total. The van der Waals surface area contributed by atoms with Crippen molar-refractivity contribution in [3.63, 3.8) is 0 Å². The number of rotatable bonds is 3. The van der Waals surface area contributed by atoms with E-state index in [4.69, 9.17) is 9.56 Å². The molecule has 1 aromatic heterocycles. The second-order valence-corrected chi connectivity index (χ2v) is 7.10. The fraction of sp³-hybridized carbons (Fsp3) is 0.357. The van der Waals surface area contributed by atoms with E-state index >= 15 is 0 Å². The molecule has 0 bridgehead atoms. The molecule has 2 aromatic rings. The van der Waals surface area contributed by atoms with Crippen LogP contribution in [0.2, 0.25) is 0 Å². The van der Waals surface area contributed by atoms with Gasteiger partial charge < -0.3 is 9.32 Å². The summed E-state index contributed by atoms with van der Waals surface area (Å²) in [5.74, 6) is -0.220. The third-order valence-electron chi connectivity index (χ3n) is 3.88. The topological polar surface area (TPSA) is 93.6 Å². The molecule has 112 valence electrons. The summed E-state index contributed by atoms with van der Waals surface area (Å²) in [6, 6.07) is 5.73. The first kappa shape index (κ1) is 14.1. The summed E-state index contributed by atoms with van der Waals surface area (Å²) in [4.78, 5) is 13.9. The van der Waals surface area contributed by atoms with Gasteiger partial charge in [-0.25, -0.2) is 13.6 Å². The van der Waals surface area contributed by atoms with Crippen molar-refractivity contribution in [2.24, 2.45) is 5.14 Å². The Balaban J connectivity index is 1.86. The van der Waals surface area contributed by atoms with Crippen LogP contribution in [0.15, 0.2) is 28.9 Å². The van der Waals surface area contributed by atoms with Crippen molar-refractivity contribution < 1.29 is 17.6 Å². The van der Waals surface area contributed by atoms with Crippen LogP contribution in [-0.2, 0) is 16.4 Å². The average molecular weight is 308 g/mol. The molecule has 0 saturated carbocycles. The number of aryl methyl sites for hydroxylation is 1. The summed E-state index contributed by atoms with van der Waals surface area (Å²) in [5, 5.41) is 5.17. The highest BCUT2D eigenvalue weighted by Gasteiger charge is 2.38. The van der Waals surface area contributed by atoms with E-state index in [2.05, 4.69) is 0 Å². The molecule has 1 aliphatic rings. The van der Waals surface area contributed by atoms with Gasteiger partial charge in [0.05, 0.1) is 5.56 Å². The number of hydrogen-bond donors (Lipinski definition) is 1. The van der Waals surface area contributed by atoms with Crippen LogP contribution in [0.25, 0.3) is 11.0 Å². The van der Waals surface area contributed by atoms with E-state index in [0.29, 0.717) is 11.1 Å². The Hall–Kier alpha value is -1.86. The Morgan fingerprint density at radius 1 is 1.43 bits per heavy atom. The third kappa shape index (κ3) is 2.43. The molecule has 21 heavy (non-hydrogen) atoms. The molecule has 1 aromatic carbocycles. The lowest BCUT2D eigenvalue weighted by Crippen LogP contribution is -2.58. The van der Waals surface area contributed by atoms with Crippen LogP contribution in [0.4, 0.5) is 0 Å². The van der Waals surface area contributed by atoms with Gasteiger partial charge in [-0.2, -0.15) is 0 Å². The van der Waals surface area contributed by atoms with Gasteiger partial charge in [0.1, 0.15) is 17.1 Å². The summed E-state index contributed by atoms with van der Waals surface area (Å²) in [5.41, 5.74) is 2.23. The van der Waals surface area contributed by atoms with Gasteiger partial charge in [-0.1, -0.05) is 13.0 Å². The molecule has 1 aliphatic heterocycles. The van der Waals surface area contributed by atoms with Gasteiger partial charge >= 0.3 is 0 Å². The minimum atomic E-state index is -3.57. The van der Waals surface area contributed by atoms with Crippen LogP contribution < -0.4 is 5.14 Å². The molecule has 1 fully saturated rings. The van der Waals surface area contributed by atoms with E-state index in [0.717, 1.165) is 17.4 Å². The van der Waals surface area contributed by atoms with E-state index < -0.39 is 15.3 Å². The van der Waals surface area contributed by atoms with Crippen LogP contribution in [-0.4, -0.2) is 37.6 Å². The number of primary sulfonamides is 1. The predicted octanol–water partition coefficient (Wildman–Crippen LogP) is 1.11. The lowest BCUT2D eigenvalue weighted by Gasteiger charge is -2.37. The smallest absolute Gasteiger partial charge is 0.257 e. The number of nitrogens with zero attached hydrogens (tertiary/aromatic N) is 1. The maximum absolute atomic E-state index is 12.4. The second kappa shape index (κ2) is 4.85. The van der Waals surface area contributed by atoms with Crippen LogP contribution in [0.3, 0.4) is 0 Å². The van der Waals surface area contributed by atoms with Crippen molar-refractivity contribution in [2.45, 2.75) is 18.6 Å². The molecule has 7 heteroatoms. The number of fused-ring (bicyclic) bond motifs is 1. The van der Waals surface area contributed by atoms with E-state index in [9.17, 15) is 13.2 Å². The van der Waals surface area contributed by atoms with E-state index in [1.54, 1.807) is 0 Å². The number of amides is 1. The van der Waals surface area contributed by atoms with E-state index in [1.165, 1.54) is 11.2 Å². The Labute approximate surface area is 122 Å². The van der Waals surface area contributed by atoms with Crippen LogP contribution in [0.5, 0.6) is 0 Å². The normalized spacial score (nSPS) is 16.2. The highest BCUT2D eigenvalue weighted by molar-refractivity contribution is 7.89. The predicted molar refractivity (Wildman–Crippen MR) is 78.4 cm³/mol. The summed E-state index contributed by atoms with van der Waals surface area (Å²) >= 11 is 0. The number of carbonyl (C=O) groups excluding carboxylic acids is 1. The molecule has 2 N–H and O–H groups in total. The molecular formula is C14H16N2O4S. The van der Waals surface area contributed by atoms with E-state index in [-0.39, 0.29) is 19.0 Å². The average Bonchev–Trinajstić information content (AvgIpc) is 2.77. The Bertz CT molecular complexity index is 803. The molecule has 1 amide bonds. The Morgan fingerprint density at radius 3 is 2.76 bits per heavy atom. The first-order chi connectivity index (χ1) is 9.90. The number of carbonyl (C=O) groups is 1. The molecular weight excluding hydrogens is 292 g/mol. The minimum Gasteiger partial charge on any atom is -0.463 e. The maximum Gasteiger partial charge on any atom is 0.257 e. The summed E-state index contributed by atoms with van der Waals surface area (Å²) < 4.78 is 27.8. The van der Waals surface area contributed by atoms with Crippen molar-refractivity contribution in [1.29, 1.82) is 0 Å². The van der Waals surface area contributed by atoms with Crippen molar-refractivity contribution >= 4 is 26.9 Å². The number of benzene rings is 1. The molecule has 3 rings (SSSR count). The number of hydrogen-bond acceptors (Lipinski definition) is 4. The van der Waals surface area contributed by atoms with Crippen molar-refractivity contribution in [3.8, 4) is 0 Å². The molecule has 0 radical (unpaired) electrons. The molecule has 0 atom stereocenters. The molecule has 0 aliphatic carbocycles. The van der Waals surface area contributed by atoms with E-state index in [1.807, 2.05) is 25.1 Å². The third-order valence-corrected chi connectivity index (χ3v) is 5.10. The van der Waals surface area contributed by atoms with Crippen molar-refractivity contribution in [3.05, 3.63) is 35.6 Å². The lowest BCUT2D eigenvalue weighted by molar-refractivity contribution is 0.0660. The second-order valence-electron chi connectivity index (χ2n) is 5.25. The first-order valence-corrected chi connectivity index (χ1v) is 8.32. The largest absolute Gasteiger partial charge is 0.463 e. The minimum absolute atomic E-state index is 0.137. The van der Waals surface area contributed by atoms with Crippen LogP contribution >= 0.6 is 0 Å². The zero-order chi connectivity index (χ0) is 15.2. The fourth-order valence-electron chi connectivity index (χ4n) is 2.44. The van der Waals surface area contributed by atoms with Crippen LogP contribution in [0, 0.1) is 0 Å². The zero-order valence-electron chi connectivity index (χ0n) is 11.6.